The van der Waals surface area contributed by atoms with Gasteiger partial charge in [-0.2, -0.15) is 0 Å². The molecule has 0 aliphatic rings. The van der Waals surface area contributed by atoms with Gasteiger partial charge in [0, 0.05) is 19.1 Å². The number of carbonyl (C=O) groups excluding carboxylic acids is 1. The number of carbonyl (C=O) groups is 2. The lowest BCUT2D eigenvalue weighted by molar-refractivity contribution is -0.138. The van der Waals surface area contributed by atoms with Crippen LogP contribution in [0.5, 0.6) is 0 Å². The number of aliphatic carboxylic acids is 1. The van der Waals surface area contributed by atoms with Crippen LogP contribution in [-0.4, -0.2) is 64.3 Å². The van der Waals surface area contributed by atoms with Crippen molar-refractivity contribution in [2.24, 2.45) is 0 Å². The van der Waals surface area contributed by atoms with Gasteiger partial charge in [0.05, 0.1) is 6.61 Å². The van der Waals surface area contributed by atoms with Gasteiger partial charge in [0.15, 0.2) is 0 Å². The Morgan fingerprint density at radius 1 is 1.29 bits per heavy atom. The summed E-state index contributed by atoms with van der Waals surface area (Å²) in [5, 5.41) is 17.6. The standard InChI is InChI=1S/C11H22N2O4/c1-4-9(3)13(8-10(15)16)11(17)12(5-2)6-7-14/h9,14H,4-8H2,1-3H3,(H,15,16). The summed E-state index contributed by atoms with van der Waals surface area (Å²) >= 11 is 0. The van der Waals surface area contributed by atoms with E-state index in [2.05, 4.69) is 0 Å². The first-order valence-corrected chi connectivity index (χ1v) is 5.86. The molecular weight excluding hydrogens is 224 g/mol. The Balaban J connectivity index is 4.76. The largest absolute Gasteiger partial charge is 0.480 e. The highest BCUT2D eigenvalue weighted by molar-refractivity contribution is 5.80. The number of urea groups is 1. The van der Waals surface area contributed by atoms with Gasteiger partial charge in [0.25, 0.3) is 0 Å². The molecule has 0 aromatic rings. The first kappa shape index (κ1) is 15.7. The highest BCUT2D eigenvalue weighted by atomic mass is 16.4. The molecule has 6 nitrogen and oxygen atoms in total. The molecule has 0 saturated heterocycles. The van der Waals surface area contributed by atoms with Gasteiger partial charge in [-0.25, -0.2) is 4.79 Å². The summed E-state index contributed by atoms with van der Waals surface area (Å²) in [4.78, 5) is 25.6. The van der Waals surface area contributed by atoms with Crippen molar-refractivity contribution in [2.45, 2.75) is 33.2 Å². The number of likely N-dealkylation sites (N-methyl/N-ethyl adjacent to an activating group) is 1. The van der Waals surface area contributed by atoms with Crippen LogP contribution in [0, 0.1) is 0 Å². The number of hydrogen-bond donors (Lipinski definition) is 2. The SMILES string of the molecule is CCC(C)N(CC(=O)O)C(=O)N(CC)CCO. The molecule has 0 aromatic carbocycles. The molecule has 0 spiro atoms. The van der Waals surface area contributed by atoms with Crippen LogP contribution in [0.1, 0.15) is 27.2 Å². The summed E-state index contributed by atoms with van der Waals surface area (Å²) in [6, 6.07) is -0.468. The summed E-state index contributed by atoms with van der Waals surface area (Å²) in [5.74, 6) is -1.03. The van der Waals surface area contributed by atoms with E-state index in [0.717, 1.165) is 0 Å². The van der Waals surface area contributed by atoms with Crippen molar-refractivity contribution in [3.8, 4) is 0 Å². The average molecular weight is 246 g/mol. The third-order valence-corrected chi connectivity index (χ3v) is 2.70. The fourth-order valence-corrected chi connectivity index (χ4v) is 1.47. The molecule has 1 unspecified atom stereocenters. The molecule has 0 heterocycles. The first-order valence-electron chi connectivity index (χ1n) is 5.86. The maximum Gasteiger partial charge on any atom is 0.323 e. The van der Waals surface area contributed by atoms with Gasteiger partial charge in [0.2, 0.25) is 0 Å². The highest BCUT2D eigenvalue weighted by Crippen LogP contribution is 2.07. The number of nitrogens with zero attached hydrogens (tertiary/aromatic N) is 2. The summed E-state index contributed by atoms with van der Waals surface area (Å²) in [5.41, 5.74) is 0. The summed E-state index contributed by atoms with van der Waals surface area (Å²) in [6.07, 6.45) is 0.690. The quantitative estimate of drug-likeness (QED) is 0.689. The lowest BCUT2D eigenvalue weighted by atomic mass is 10.2. The zero-order chi connectivity index (χ0) is 13.4. The number of rotatable bonds is 7. The van der Waals surface area contributed by atoms with Gasteiger partial charge in [-0.1, -0.05) is 6.92 Å². The van der Waals surface area contributed by atoms with Gasteiger partial charge in [0.1, 0.15) is 6.54 Å². The molecule has 0 aromatic heterocycles. The van der Waals surface area contributed by atoms with Gasteiger partial charge in [-0.15, -0.1) is 0 Å². The fraction of sp³-hybridized carbons (Fsp3) is 0.818. The Morgan fingerprint density at radius 2 is 1.88 bits per heavy atom. The molecule has 1 atom stereocenters. The van der Waals surface area contributed by atoms with E-state index in [1.54, 1.807) is 6.92 Å². The van der Waals surface area contributed by atoms with Crippen molar-refractivity contribution in [1.82, 2.24) is 9.80 Å². The molecule has 17 heavy (non-hydrogen) atoms. The zero-order valence-electron chi connectivity index (χ0n) is 10.7. The van der Waals surface area contributed by atoms with E-state index in [0.29, 0.717) is 13.0 Å². The Labute approximate surface area is 102 Å². The van der Waals surface area contributed by atoms with Crippen LogP contribution >= 0.6 is 0 Å². The Morgan fingerprint density at radius 3 is 2.24 bits per heavy atom. The number of carboxylic acids is 1. The van der Waals surface area contributed by atoms with E-state index in [4.69, 9.17) is 10.2 Å². The molecule has 0 aliphatic carbocycles. The monoisotopic (exact) mass is 246 g/mol. The predicted octanol–water partition coefficient (Wildman–Crippen LogP) is 0.606. The molecule has 0 rings (SSSR count). The van der Waals surface area contributed by atoms with Gasteiger partial charge in [-0.05, 0) is 20.3 Å². The molecule has 0 bridgehead atoms. The second-order valence-electron chi connectivity index (χ2n) is 3.86. The maximum atomic E-state index is 12.1. The summed E-state index contributed by atoms with van der Waals surface area (Å²) in [7, 11) is 0. The van der Waals surface area contributed by atoms with Crippen LogP contribution in [0.4, 0.5) is 4.79 Å². The number of hydrogen-bond acceptors (Lipinski definition) is 3. The molecule has 0 saturated carbocycles. The number of aliphatic hydroxyl groups excluding tert-OH is 1. The number of amides is 2. The lowest BCUT2D eigenvalue weighted by Crippen LogP contribution is -2.49. The average Bonchev–Trinajstić information content (AvgIpc) is 2.31. The zero-order valence-corrected chi connectivity index (χ0v) is 10.7. The van der Waals surface area contributed by atoms with E-state index in [-0.39, 0.29) is 31.8 Å². The normalized spacial score (nSPS) is 12.0. The van der Waals surface area contributed by atoms with Crippen LogP contribution < -0.4 is 0 Å². The molecule has 2 N–H and O–H groups in total. The van der Waals surface area contributed by atoms with Crippen molar-refractivity contribution in [2.75, 3.05) is 26.2 Å². The fourth-order valence-electron chi connectivity index (χ4n) is 1.47. The number of aliphatic hydroxyl groups is 1. The van der Waals surface area contributed by atoms with Crippen LogP contribution in [0.2, 0.25) is 0 Å². The maximum absolute atomic E-state index is 12.1. The molecule has 6 heteroatoms. The van der Waals surface area contributed by atoms with Crippen molar-refractivity contribution >= 4 is 12.0 Å². The molecular formula is C11H22N2O4. The van der Waals surface area contributed by atoms with Crippen LogP contribution in [0.25, 0.3) is 0 Å². The Bertz CT molecular complexity index is 258. The molecule has 100 valence electrons. The van der Waals surface area contributed by atoms with E-state index < -0.39 is 5.97 Å². The third kappa shape index (κ3) is 5.04. The minimum atomic E-state index is -1.03. The van der Waals surface area contributed by atoms with E-state index >= 15 is 0 Å². The summed E-state index contributed by atoms with van der Waals surface area (Å²) < 4.78 is 0. The minimum Gasteiger partial charge on any atom is -0.480 e. The molecule has 0 radical (unpaired) electrons. The van der Waals surface area contributed by atoms with Crippen molar-refractivity contribution in [1.29, 1.82) is 0 Å². The van der Waals surface area contributed by atoms with Gasteiger partial charge >= 0.3 is 12.0 Å². The van der Waals surface area contributed by atoms with Crippen molar-refractivity contribution in [3.05, 3.63) is 0 Å². The topological polar surface area (TPSA) is 81.1 Å². The van der Waals surface area contributed by atoms with E-state index in [1.807, 2.05) is 13.8 Å². The summed E-state index contributed by atoms with van der Waals surface area (Å²) in [6.45, 7) is 5.75. The number of carboxylic acid groups (broad SMARTS) is 1. The minimum absolute atomic E-state index is 0.124. The van der Waals surface area contributed by atoms with E-state index in [1.165, 1.54) is 9.80 Å². The third-order valence-electron chi connectivity index (χ3n) is 2.70. The lowest BCUT2D eigenvalue weighted by Gasteiger charge is -2.32. The smallest absolute Gasteiger partial charge is 0.323 e. The Kier molecular flexibility index (Phi) is 7.29. The van der Waals surface area contributed by atoms with Gasteiger partial charge in [-0.3, -0.25) is 4.79 Å². The molecule has 0 fully saturated rings. The van der Waals surface area contributed by atoms with Crippen LogP contribution in [-0.2, 0) is 4.79 Å². The molecule has 0 aliphatic heterocycles. The highest BCUT2D eigenvalue weighted by Gasteiger charge is 2.25. The molecule has 2 amide bonds. The van der Waals surface area contributed by atoms with Crippen LogP contribution in [0.3, 0.4) is 0 Å². The second kappa shape index (κ2) is 7.89. The van der Waals surface area contributed by atoms with E-state index in [9.17, 15) is 9.59 Å². The predicted molar refractivity (Wildman–Crippen MR) is 63.8 cm³/mol. The second-order valence-corrected chi connectivity index (χ2v) is 3.86. The van der Waals surface area contributed by atoms with Crippen LogP contribution in [0.15, 0.2) is 0 Å². The van der Waals surface area contributed by atoms with Crippen molar-refractivity contribution in [3.63, 3.8) is 0 Å². The van der Waals surface area contributed by atoms with Gasteiger partial charge < -0.3 is 20.0 Å². The first-order chi connectivity index (χ1) is 7.97. The van der Waals surface area contributed by atoms with Crippen molar-refractivity contribution < 1.29 is 19.8 Å². The Hall–Kier alpha value is -1.30.